The van der Waals surface area contributed by atoms with Gasteiger partial charge in [-0.3, -0.25) is 14.6 Å². The first-order chi connectivity index (χ1) is 11.6. The van der Waals surface area contributed by atoms with E-state index in [1.165, 1.54) is 19.5 Å². The molecule has 0 atom stereocenters. The molecular weight excluding hydrogens is 308 g/mol. The van der Waals surface area contributed by atoms with Gasteiger partial charge < -0.3 is 15.4 Å². The first-order valence-corrected chi connectivity index (χ1v) is 7.65. The second kappa shape index (κ2) is 6.66. The molecule has 1 aliphatic rings. The lowest BCUT2D eigenvalue weighted by molar-refractivity contribution is 0.0951. The minimum atomic E-state index is -0.423. The quantitative estimate of drug-likeness (QED) is 0.876. The van der Waals surface area contributed by atoms with E-state index in [0.29, 0.717) is 17.0 Å². The number of aryl methyl sites for hydroxylation is 1. The van der Waals surface area contributed by atoms with Crippen LogP contribution in [0.5, 0.6) is 5.75 Å². The molecule has 0 unspecified atom stereocenters. The van der Waals surface area contributed by atoms with Gasteiger partial charge in [0.15, 0.2) is 0 Å². The summed E-state index contributed by atoms with van der Waals surface area (Å²) >= 11 is 0. The molecule has 3 rings (SSSR count). The summed E-state index contributed by atoms with van der Waals surface area (Å²) in [5.41, 5.74) is 1.67. The van der Waals surface area contributed by atoms with Crippen molar-refractivity contribution in [3.63, 3.8) is 0 Å². The first kappa shape index (κ1) is 15.9. The number of methoxy groups -OCH3 is 1. The highest BCUT2D eigenvalue weighted by molar-refractivity contribution is 6.08. The number of nitrogens with zero attached hydrogens (tertiary/aromatic N) is 2. The molecule has 1 aliphatic carbocycles. The Balaban J connectivity index is 1.84. The fourth-order valence-electron chi connectivity index (χ4n) is 2.13. The number of rotatable bonds is 5. The van der Waals surface area contributed by atoms with Gasteiger partial charge in [-0.1, -0.05) is 0 Å². The molecule has 7 heteroatoms. The maximum Gasteiger partial charge on any atom is 0.275 e. The van der Waals surface area contributed by atoms with Crippen molar-refractivity contribution in [1.29, 1.82) is 0 Å². The molecule has 1 aromatic carbocycles. The normalized spacial score (nSPS) is 13.2. The molecule has 1 aromatic heterocycles. The highest BCUT2D eigenvalue weighted by Gasteiger charge is 2.25. The Bertz CT molecular complexity index is 770. The molecule has 0 saturated heterocycles. The van der Waals surface area contributed by atoms with Gasteiger partial charge in [0, 0.05) is 12.2 Å². The van der Waals surface area contributed by atoms with Crippen LogP contribution in [0.4, 0.5) is 5.69 Å². The number of hydrogen-bond acceptors (Lipinski definition) is 5. The zero-order chi connectivity index (χ0) is 17.1. The summed E-state index contributed by atoms with van der Waals surface area (Å²) < 4.78 is 5.17. The van der Waals surface area contributed by atoms with Crippen molar-refractivity contribution < 1.29 is 14.3 Å². The van der Waals surface area contributed by atoms with Crippen molar-refractivity contribution in [2.24, 2.45) is 0 Å². The van der Waals surface area contributed by atoms with Crippen LogP contribution < -0.4 is 15.4 Å². The maximum atomic E-state index is 12.4. The number of benzene rings is 1. The summed E-state index contributed by atoms with van der Waals surface area (Å²) in [5.74, 6) is -0.112. The fourth-order valence-corrected chi connectivity index (χ4v) is 2.13. The number of anilines is 1. The van der Waals surface area contributed by atoms with E-state index in [9.17, 15) is 9.59 Å². The first-order valence-electron chi connectivity index (χ1n) is 7.65. The molecule has 0 bridgehead atoms. The van der Waals surface area contributed by atoms with Crippen LogP contribution in [0.15, 0.2) is 30.6 Å². The topological polar surface area (TPSA) is 93.2 Å². The molecular formula is C17H18N4O3. The molecule has 124 valence electrons. The van der Waals surface area contributed by atoms with E-state index in [1.54, 1.807) is 25.1 Å². The minimum absolute atomic E-state index is 0.185. The summed E-state index contributed by atoms with van der Waals surface area (Å²) in [6.45, 7) is 1.79. The number of hydrogen-bond donors (Lipinski definition) is 2. The molecule has 7 nitrogen and oxygen atoms in total. The third-order valence-electron chi connectivity index (χ3n) is 3.65. The largest absolute Gasteiger partial charge is 0.497 e. The van der Waals surface area contributed by atoms with E-state index in [-0.39, 0.29) is 17.6 Å². The van der Waals surface area contributed by atoms with E-state index in [4.69, 9.17) is 4.74 Å². The van der Waals surface area contributed by atoms with Crippen molar-refractivity contribution in [2.45, 2.75) is 25.8 Å². The summed E-state index contributed by atoms with van der Waals surface area (Å²) in [4.78, 5) is 32.8. The number of carbonyl (C=O) groups excluding carboxylic acids is 2. The number of ether oxygens (including phenoxy) is 1. The highest BCUT2D eigenvalue weighted by Crippen LogP contribution is 2.25. The molecule has 24 heavy (non-hydrogen) atoms. The lowest BCUT2D eigenvalue weighted by Gasteiger charge is -2.12. The Labute approximate surface area is 139 Å². The lowest BCUT2D eigenvalue weighted by Crippen LogP contribution is -2.27. The van der Waals surface area contributed by atoms with E-state index in [0.717, 1.165) is 18.5 Å². The van der Waals surface area contributed by atoms with Crippen LogP contribution in [0.2, 0.25) is 0 Å². The van der Waals surface area contributed by atoms with Crippen molar-refractivity contribution in [3.05, 3.63) is 47.5 Å². The van der Waals surface area contributed by atoms with E-state index in [2.05, 4.69) is 20.6 Å². The molecule has 0 radical (unpaired) electrons. The minimum Gasteiger partial charge on any atom is -0.497 e. The third-order valence-corrected chi connectivity index (χ3v) is 3.65. The maximum absolute atomic E-state index is 12.4. The highest BCUT2D eigenvalue weighted by atomic mass is 16.5. The van der Waals surface area contributed by atoms with Crippen LogP contribution in [0.1, 0.15) is 39.4 Å². The zero-order valence-electron chi connectivity index (χ0n) is 13.5. The van der Waals surface area contributed by atoms with Gasteiger partial charge in [-0.05, 0) is 38.0 Å². The van der Waals surface area contributed by atoms with Gasteiger partial charge in [-0.2, -0.15) is 0 Å². The summed E-state index contributed by atoms with van der Waals surface area (Å²) in [6.07, 6.45) is 4.88. The van der Waals surface area contributed by atoms with Gasteiger partial charge in [0.25, 0.3) is 11.8 Å². The molecule has 1 fully saturated rings. The van der Waals surface area contributed by atoms with Gasteiger partial charge in [0.2, 0.25) is 0 Å². The van der Waals surface area contributed by atoms with Crippen molar-refractivity contribution in [1.82, 2.24) is 15.3 Å². The van der Waals surface area contributed by atoms with Crippen molar-refractivity contribution in [2.75, 3.05) is 12.4 Å². The molecule has 0 spiro atoms. The molecule has 0 aliphatic heterocycles. The van der Waals surface area contributed by atoms with Crippen LogP contribution in [-0.2, 0) is 0 Å². The monoisotopic (exact) mass is 326 g/mol. The second-order valence-electron chi connectivity index (χ2n) is 5.66. The van der Waals surface area contributed by atoms with Crippen LogP contribution in [0, 0.1) is 6.92 Å². The number of carbonyl (C=O) groups is 2. The van der Waals surface area contributed by atoms with E-state index in [1.807, 2.05) is 0 Å². The summed E-state index contributed by atoms with van der Waals surface area (Å²) in [5, 5.41) is 5.62. The molecule has 2 amide bonds. The summed E-state index contributed by atoms with van der Waals surface area (Å²) in [7, 11) is 1.53. The Hall–Kier alpha value is -2.96. The summed E-state index contributed by atoms with van der Waals surface area (Å²) in [6, 6.07) is 5.15. The molecule has 1 heterocycles. The van der Waals surface area contributed by atoms with Crippen molar-refractivity contribution in [3.8, 4) is 5.75 Å². The van der Waals surface area contributed by atoms with Crippen LogP contribution >= 0.6 is 0 Å². The van der Waals surface area contributed by atoms with Crippen molar-refractivity contribution >= 4 is 17.5 Å². The van der Waals surface area contributed by atoms with Gasteiger partial charge in [0.1, 0.15) is 11.4 Å². The fraction of sp³-hybridized carbons (Fsp3) is 0.294. The SMILES string of the molecule is COc1ccc(NC(=O)c2cnc(C)cn2)c(C(=O)NC2CC2)c1. The smallest absolute Gasteiger partial charge is 0.275 e. The zero-order valence-corrected chi connectivity index (χ0v) is 13.5. The number of amides is 2. The van der Waals surface area contributed by atoms with Gasteiger partial charge >= 0.3 is 0 Å². The second-order valence-corrected chi connectivity index (χ2v) is 5.66. The number of aromatic nitrogens is 2. The average Bonchev–Trinajstić information content (AvgIpc) is 3.39. The Morgan fingerprint density at radius 2 is 1.96 bits per heavy atom. The third kappa shape index (κ3) is 3.68. The predicted octanol–water partition coefficient (Wildman–Crippen LogP) is 1.94. The van der Waals surface area contributed by atoms with Crippen LogP contribution in [0.3, 0.4) is 0 Å². The molecule has 2 N–H and O–H groups in total. The van der Waals surface area contributed by atoms with Crippen LogP contribution in [0.25, 0.3) is 0 Å². The standard InChI is InChI=1S/C17H18N4O3/c1-10-8-19-15(9-18-10)17(23)21-14-6-5-12(24-2)7-13(14)16(22)20-11-3-4-11/h5-9,11H,3-4H2,1-2H3,(H,20,22)(H,21,23). The lowest BCUT2D eigenvalue weighted by atomic mass is 10.1. The van der Waals surface area contributed by atoms with Gasteiger partial charge in [-0.25, -0.2) is 4.98 Å². The van der Waals surface area contributed by atoms with Gasteiger partial charge in [-0.15, -0.1) is 0 Å². The predicted molar refractivity (Wildman–Crippen MR) is 88.2 cm³/mol. The molecule has 1 saturated carbocycles. The Morgan fingerprint density at radius 3 is 2.58 bits per heavy atom. The van der Waals surface area contributed by atoms with E-state index >= 15 is 0 Å². The van der Waals surface area contributed by atoms with Crippen LogP contribution in [-0.4, -0.2) is 34.9 Å². The Kier molecular flexibility index (Phi) is 4.41. The number of nitrogens with one attached hydrogen (secondary N) is 2. The molecule has 2 aromatic rings. The van der Waals surface area contributed by atoms with Gasteiger partial charge in [0.05, 0.1) is 30.3 Å². The van der Waals surface area contributed by atoms with E-state index < -0.39 is 5.91 Å². The Morgan fingerprint density at radius 1 is 1.17 bits per heavy atom. The average molecular weight is 326 g/mol.